The number of ether oxygens (including phenoxy) is 4. The standard InChI is InChI=1S/C25H38O5Si/c1-23(2,31(5,6)26)16-18-12-14-25(17-29-25)22(21(18)27-4)24(3)20(30-24)13-15-28-19-10-8-7-9-11-19/h7-12,20-22,26H,13-17H2,1-6H3/t20-,21-,22-,24?,25+/m1/s1. The van der Waals surface area contributed by atoms with Crippen molar-refractivity contribution in [1.29, 1.82) is 0 Å². The second-order valence-corrected chi connectivity index (χ2v) is 15.3. The lowest BCUT2D eigenvalue weighted by Gasteiger charge is -2.43. The predicted octanol–water partition coefficient (Wildman–Crippen LogP) is 4.71. The minimum Gasteiger partial charge on any atom is -0.493 e. The topological polar surface area (TPSA) is 63.8 Å². The fraction of sp³-hybridized carbons (Fsp3) is 0.680. The van der Waals surface area contributed by atoms with Crippen molar-refractivity contribution in [2.45, 2.75) is 81.6 Å². The molecule has 1 aromatic rings. The van der Waals surface area contributed by atoms with Gasteiger partial charge in [0.1, 0.15) is 17.0 Å². The maximum absolute atomic E-state index is 10.8. The Balaban J connectivity index is 1.46. The third-order valence-electron chi connectivity index (χ3n) is 8.00. The molecule has 5 nitrogen and oxygen atoms in total. The van der Waals surface area contributed by atoms with Crippen LogP contribution in [0.4, 0.5) is 0 Å². The van der Waals surface area contributed by atoms with Gasteiger partial charge in [-0.05, 0) is 55.6 Å². The number of hydrogen-bond donors (Lipinski definition) is 1. The van der Waals surface area contributed by atoms with Crippen LogP contribution in [0.5, 0.6) is 5.75 Å². The van der Waals surface area contributed by atoms with Crippen molar-refractivity contribution in [1.82, 2.24) is 0 Å². The second-order valence-electron chi connectivity index (χ2n) is 10.8. The molecule has 0 bridgehead atoms. The van der Waals surface area contributed by atoms with Crippen LogP contribution in [0.1, 0.15) is 40.0 Å². The van der Waals surface area contributed by atoms with E-state index in [0.717, 1.165) is 31.6 Å². The van der Waals surface area contributed by atoms with E-state index in [0.29, 0.717) is 6.61 Å². The normalized spacial score (nSPS) is 35.1. The first-order chi connectivity index (χ1) is 14.5. The molecule has 31 heavy (non-hydrogen) atoms. The molecule has 172 valence electrons. The zero-order valence-electron chi connectivity index (χ0n) is 19.8. The monoisotopic (exact) mass is 446 g/mol. The summed E-state index contributed by atoms with van der Waals surface area (Å²) in [5, 5.41) is -0.136. The molecule has 1 N–H and O–H groups in total. The Kier molecular flexibility index (Phi) is 5.93. The summed E-state index contributed by atoms with van der Waals surface area (Å²) in [6.07, 6.45) is 4.95. The van der Waals surface area contributed by atoms with Crippen molar-refractivity contribution in [3.63, 3.8) is 0 Å². The lowest BCUT2D eigenvalue weighted by molar-refractivity contribution is -0.0103. The number of rotatable bonds is 9. The molecule has 6 heteroatoms. The number of benzene rings is 1. The van der Waals surface area contributed by atoms with Crippen molar-refractivity contribution < 1.29 is 23.7 Å². The van der Waals surface area contributed by atoms with Gasteiger partial charge in [0.15, 0.2) is 8.32 Å². The van der Waals surface area contributed by atoms with Gasteiger partial charge in [0.25, 0.3) is 0 Å². The second kappa shape index (κ2) is 7.99. The summed E-state index contributed by atoms with van der Waals surface area (Å²) in [6.45, 7) is 12.0. The van der Waals surface area contributed by atoms with Crippen LogP contribution in [0.2, 0.25) is 18.1 Å². The van der Waals surface area contributed by atoms with Crippen molar-refractivity contribution in [2.75, 3.05) is 20.3 Å². The van der Waals surface area contributed by atoms with Gasteiger partial charge in [-0.3, -0.25) is 0 Å². The number of hydrogen-bond acceptors (Lipinski definition) is 5. The van der Waals surface area contributed by atoms with E-state index in [1.54, 1.807) is 7.11 Å². The molecule has 5 atom stereocenters. The molecule has 0 amide bonds. The summed E-state index contributed by atoms with van der Waals surface area (Å²) in [6, 6.07) is 9.92. The molecule has 2 fully saturated rings. The van der Waals surface area contributed by atoms with Crippen molar-refractivity contribution in [2.24, 2.45) is 5.92 Å². The predicted molar refractivity (Wildman–Crippen MR) is 124 cm³/mol. The smallest absolute Gasteiger partial charge is 0.188 e. The van der Waals surface area contributed by atoms with E-state index < -0.39 is 8.32 Å². The van der Waals surface area contributed by atoms with E-state index in [2.05, 4.69) is 26.8 Å². The van der Waals surface area contributed by atoms with Gasteiger partial charge in [-0.2, -0.15) is 0 Å². The Hall–Kier alpha value is -1.18. The maximum atomic E-state index is 10.8. The lowest BCUT2D eigenvalue weighted by atomic mass is 9.68. The average Bonchev–Trinajstić information content (AvgIpc) is 3.61. The molecule has 1 unspecified atom stereocenters. The highest BCUT2D eigenvalue weighted by Crippen LogP contribution is 2.60. The van der Waals surface area contributed by atoms with E-state index in [1.807, 2.05) is 43.4 Å². The van der Waals surface area contributed by atoms with Gasteiger partial charge in [0.05, 0.1) is 31.3 Å². The first-order valence-electron chi connectivity index (χ1n) is 11.5. The van der Waals surface area contributed by atoms with E-state index in [9.17, 15) is 4.80 Å². The molecular weight excluding hydrogens is 408 g/mol. The number of para-hydroxylation sites is 1. The highest BCUT2D eigenvalue weighted by molar-refractivity contribution is 6.72. The molecule has 1 aliphatic carbocycles. The molecule has 2 heterocycles. The Morgan fingerprint density at radius 2 is 1.90 bits per heavy atom. The van der Waals surface area contributed by atoms with E-state index in [1.165, 1.54) is 5.57 Å². The van der Waals surface area contributed by atoms with Gasteiger partial charge in [-0.1, -0.05) is 38.1 Å². The summed E-state index contributed by atoms with van der Waals surface area (Å²) >= 11 is 0. The van der Waals surface area contributed by atoms with Gasteiger partial charge < -0.3 is 23.7 Å². The lowest BCUT2D eigenvalue weighted by Crippen LogP contribution is -2.50. The molecule has 0 radical (unpaired) electrons. The van der Waals surface area contributed by atoms with Crippen LogP contribution in [0.3, 0.4) is 0 Å². The molecule has 1 aromatic carbocycles. The summed E-state index contributed by atoms with van der Waals surface area (Å²) in [7, 11) is -0.530. The van der Waals surface area contributed by atoms with E-state index in [-0.39, 0.29) is 34.4 Å². The van der Waals surface area contributed by atoms with Crippen molar-refractivity contribution in [3.05, 3.63) is 42.0 Å². The number of methoxy groups -OCH3 is 1. The molecule has 3 aliphatic rings. The van der Waals surface area contributed by atoms with Crippen LogP contribution in [-0.2, 0) is 14.2 Å². The highest BCUT2D eigenvalue weighted by atomic mass is 28.4. The van der Waals surface area contributed by atoms with Gasteiger partial charge in [0, 0.05) is 13.5 Å². The first kappa shape index (κ1) is 23.0. The minimum atomic E-state index is -2.32. The Labute approximate surface area is 187 Å². The summed E-state index contributed by atoms with van der Waals surface area (Å²) < 4.78 is 24.4. The maximum Gasteiger partial charge on any atom is 0.188 e. The Morgan fingerprint density at radius 1 is 1.23 bits per heavy atom. The first-order valence-corrected chi connectivity index (χ1v) is 14.4. The molecule has 4 rings (SSSR count). The highest BCUT2D eigenvalue weighted by Gasteiger charge is 2.71. The van der Waals surface area contributed by atoms with Crippen LogP contribution in [0.15, 0.2) is 42.0 Å². The van der Waals surface area contributed by atoms with Gasteiger partial charge in [-0.25, -0.2) is 0 Å². The van der Waals surface area contributed by atoms with Gasteiger partial charge >= 0.3 is 0 Å². The van der Waals surface area contributed by atoms with Crippen LogP contribution >= 0.6 is 0 Å². The van der Waals surface area contributed by atoms with Crippen LogP contribution in [0.25, 0.3) is 0 Å². The molecule has 1 spiro atoms. The third kappa shape index (κ3) is 4.38. The van der Waals surface area contributed by atoms with E-state index in [4.69, 9.17) is 18.9 Å². The summed E-state index contributed by atoms with van der Waals surface area (Å²) in [4.78, 5) is 10.8. The van der Waals surface area contributed by atoms with Gasteiger partial charge in [0.2, 0.25) is 0 Å². The largest absolute Gasteiger partial charge is 0.493 e. The summed E-state index contributed by atoms with van der Waals surface area (Å²) in [5.74, 6) is 1.04. The van der Waals surface area contributed by atoms with Crippen molar-refractivity contribution in [3.8, 4) is 5.75 Å². The minimum absolute atomic E-state index is 0.0584. The van der Waals surface area contributed by atoms with Crippen LogP contribution in [-0.4, -0.2) is 56.8 Å². The quantitative estimate of drug-likeness (QED) is 0.338. The third-order valence-corrected chi connectivity index (χ3v) is 11.5. The Bertz CT molecular complexity index is 811. The zero-order valence-corrected chi connectivity index (χ0v) is 20.8. The molecule has 0 saturated carbocycles. The van der Waals surface area contributed by atoms with Gasteiger partial charge in [-0.15, -0.1) is 0 Å². The van der Waals surface area contributed by atoms with E-state index >= 15 is 0 Å². The van der Waals surface area contributed by atoms with Crippen molar-refractivity contribution >= 4 is 8.32 Å². The molecule has 2 saturated heterocycles. The fourth-order valence-corrected chi connectivity index (χ4v) is 5.77. The fourth-order valence-electron chi connectivity index (χ4n) is 5.13. The summed E-state index contributed by atoms with van der Waals surface area (Å²) in [5.41, 5.74) is 0.821. The zero-order chi connectivity index (χ0) is 22.5. The molecular formula is C25H38O5Si. The SMILES string of the molecule is CO[C@@H]1C(CC(C)(C)[Si](C)(C)O)=CC[C@]2(CO2)[C@H]1C1(C)O[C@@H]1CCOc1ccccc1. The molecule has 2 aliphatic heterocycles. The Morgan fingerprint density at radius 3 is 2.48 bits per heavy atom. The van der Waals surface area contributed by atoms with Crippen LogP contribution in [0, 0.1) is 5.92 Å². The number of epoxide rings is 2. The molecule has 0 aromatic heterocycles. The van der Waals surface area contributed by atoms with Crippen LogP contribution < -0.4 is 4.74 Å². The average molecular weight is 447 g/mol.